The molecule has 0 aliphatic carbocycles. The van der Waals surface area contributed by atoms with Gasteiger partial charge in [-0.25, -0.2) is 13.4 Å². The number of ether oxygens (including phenoxy) is 1. The van der Waals surface area contributed by atoms with Crippen LogP contribution in [0.25, 0.3) is 0 Å². The summed E-state index contributed by atoms with van der Waals surface area (Å²) in [4.78, 5) is 13.1. The van der Waals surface area contributed by atoms with E-state index in [1.54, 1.807) is 0 Å². The fraction of sp³-hybridized carbons (Fsp3) is 0.150. The number of amides is 1. The summed E-state index contributed by atoms with van der Waals surface area (Å²) in [6.07, 6.45) is -3.79. The first-order valence-electron chi connectivity index (χ1n) is 9.11. The molecule has 1 aromatic heterocycles. The lowest BCUT2D eigenvalue weighted by Gasteiger charge is -2.17. The Morgan fingerprint density at radius 3 is 2.41 bits per heavy atom. The van der Waals surface area contributed by atoms with Gasteiger partial charge in [0.2, 0.25) is 0 Å². The van der Waals surface area contributed by atoms with E-state index >= 15 is 0 Å². The van der Waals surface area contributed by atoms with E-state index in [0.717, 1.165) is 19.2 Å². The van der Waals surface area contributed by atoms with E-state index in [0.29, 0.717) is 0 Å². The van der Waals surface area contributed by atoms with Crippen molar-refractivity contribution in [3.63, 3.8) is 0 Å². The molecular weight excluding hydrogens is 523 g/mol. The Bertz CT molecular complexity index is 1400. The van der Waals surface area contributed by atoms with Crippen LogP contribution in [0.5, 0.6) is 11.6 Å². The van der Waals surface area contributed by atoms with E-state index in [9.17, 15) is 26.6 Å². The van der Waals surface area contributed by atoms with Gasteiger partial charge in [0.25, 0.3) is 11.8 Å². The quantitative estimate of drug-likeness (QED) is 0.292. The Labute approximate surface area is 201 Å². The molecule has 3 aromatic rings. The second-order valence-corrected chi connectivity index (χ2v) is 9.92. The number of rotatable bonds is 5. The fourth-order valence-corrected chi connectivity index (χ4v) is 3.84. The highest BCUT2D eigenvalue weighted by Crippen LogP contribution is 2.39. The van der Waals surface area contributed by atoms with Gasteiger partial charge in [0.15, 0.2) is 17.3 Å². The maximum atomic E-state index is 14.4. The van der Waals surface area contributed by atoms with E-state index in [1.165, 1.54) is 30.3 Å². The Balaban J connectivity index is 2.13. The lowest BCUT2D eigenvalue weighted by Crippen LogP contribution is -2.21. The third kappa shape index (κ3) is 5.40. The van der Waals surface area contributed by atoms with Crippen LogP contribution in [0.2, 0.25) is 10.0 Å². The van der Waals surface area contributed by atoms with E-state index in [2.05, 4.69) is 15.5 Å². The molecule has 14 heteroatoms. The van der Waals surface area contributed by atoms with Crippen LogP contribution in [-0.2, 0) is 15.9 Å². The molecule has 0 aliphatic rings. The van der Waals surface area contributed by atoms with Crippen LogP contribution in [-0.4, -0.2) is 26.6 Å². The monoisotopic (exact) mass is 536 g/mol. The van der Waals surface area contributed by atoms with E-state index in [-0.39, 0.29) is 15.6 Å². The highest BCUT2D eigenvalue weighted by Gasteiger charge is 2.38. The number of nitrogens with one attached hydrogen (secondary N) is 2. The number of aromatic nitrogens is 2. The third-order valence-electron chi connectivity index (χ3n) is 4.42. The predicted octanol–water partition coefficient (Wildman–Crippen LogP) is 6.33. The minimum Gasteiger partial charge on any atom is -0.432 e. The van der Waals surface area contributed by atoms with Gasteiger partial charge < -0.3 is 10.1 Å². The molecule has 3 rings (SSSR count). The molecule has 2 aromatic carbocycles. The Kier molecular flexibility index (Phi) is 7.06. The molecule has 0 bridgehead atoms. The van der Waals surface area contributed by atoms with Crippen molar-refractivity contribution in [3.05, 3.63) is 69.1 Å². The normalized spacial score (nSPS) is 13.3. The molecule has 7 nitrogen and oxygen atoms in total. The lowest BCUT2D eigenvalue weighted by molar-refractivity contribution is -0.142. The first-order chi connectivity index (χ1) is 15.7. The summed E-state index contributed by atoms with van der Waals surface area (Å²) in [5.74, 6) is -3.67. The molecule has 34 heavy (non-hydrogen) atoms. The van der Waals surface area contributed by atoms with E-state index in [4.69, 9.17) is 32.7 Å². The standard InChI is InChI=1S/C20H14Cl2F4N4O3S/c1-9-14(18(31)28-10-4-3-5-11(8-10)34(2,27)32)19(30-29-17(9)20(24,25)26)33-16-13(22)7-6-12(21)15(16)23/h3-8,27H,1-2H3,(H,28,31). The van der Waals surface area contributed by atoms with Crippen LogP contribution in [0, 0.1) is 17.5 Å². The SMILES string of the molecule is Cc1c(C(F)(F)F)nnc(Oc2c(Cl)ccc(Cl)c2F)c1C(=O)Nc1cccc(S(C)(=N)=O)c1. The van der Waals surface area contributed by atoms with Crippen LogP contribution in [0.1, 0.15) is 21.6 Å². The lowest BCUT2D eigenvalue weighted by atomic mass is 10.1. The van der Waals surface area contributed by atoms with Crippen molar-refractivity contribution >= 4 is 44.5 Å². The molecular formula is C20H14Cl2F4N4O3S. The van der Waals surface area contributed by atoms with Crippen LogP contribution < -0.4 is 10.1 Å². The van der Waals surface area contributed by atoms with Gasteiger partial charge in [0, 0.05) is 16.8 Å². The smallest absolute Gasteiger partial charge is 0.432 e. The molecule has 1 amide bonds. The van der Waals surface area contributed by atoms with Crippen LogP contribution >= 0.6 is 23.2 Å². The molecule has 0 saturated heterocycles. The Hall–Kier alpha value is -2.96. The number of carbonyl (C=O) groups excluding carboxylic acids is 1. The van der Waals surface area contributed by atoms with Crippen molar-refractivity contribution in [2.24, 2.45) is 0 Å². The number of benzene rings is 2. The van der Waals surface area contributed by atoms with Gasteiger partial charge in [-0.2, -0.15) is 13.2 Å². The van der Waals surface area contributed by atoms with Crippen molar-refractivity contribution in [1.29, 1.82) is 4.78 Å². The van der Waals surface area contributed by atoms with Gasteiger partial charge in [-0.3, -0.25) is 4.79 Å². The highest BCUT2D eigenvalue weighted by atomic mass is 35.5. The molecule has 0 aliphatic heterocycles. The van der Waals surface area contributed by atoms with Crippen LogP contribution in [0.3, 0.4) is 0 Å². The number of anilines is 1. The minimum atomic E-state index is -4.96. The zero-order valence-corrected chi connectivity index (χ0v) is 19.6. The van der Waals surface area contributed by atoms with Gasteiger partial charge in [-0.1, -0.05) is 29.3 Å². The summed E-state index contributed by atoms with van der Waals surface area (Å²) in [6, 6.07) is 7.71. The summed E-state index contributed by atoms with van der Waals surface area (Å²) in [5.41, 5.74) is -2.78. The Morgan fingerprint density at radius 1 is 1.15 bits per heavy atom. The molecule has 180 valence electrons. The van der Waals surface area contributed by atoms with Crippen molar-refractivity contribution in [3.8, 4) is 11.6 Å². The van der Waals surface area contributed by atoms with Gasteiger partial charge in [-0.15, -0.1) is 10.2 Å². The van der Waals surface area contributed by atoms with Gasteiger partial charge in [-0.05, 0) is 42.8 Å². The largest absolute Gasteiger partial charge is 0.435 e. The second-order valence-electron chi connectivity index (χ2n) is 6.95. The first kappa shape index (κ1) is 25.7. The molecule has 0 spiro atoms. The third-order valence-corrected chi connectivity index (χ3v) is 6.17. The zero-order chi connectivity index (χ0) is 25.4. The summed E-state index contributed by atoms with van der Waals surface area (Å²) < 4.78 is 79.6. The molecule has 0 saturated carbocycles. The van der Waals surface area contributed by atoms with Gasteiger partial charge in [0.05, 0.1) is 19.8 Å². The van der Waals surface area contributed by atoms with Crippen LogP contribution in [0.15, 0.2) is 41.3 Å². The molecule has 0 radical (unpaired) electrons. The van der Waals surface area contributed by atoms with Crippen molar-refractivity contribution < 1.29 is 31.3 Å². The maximum absolute atomic E-state index is 14.4. The van der Waals surface area contributed by atoms with E-state index < -0.39 is 61.1 Å². The summed E-state index contributed by atoms with van der Waals surface area (Å²) in [7, 11) is -3.14. The maximum Gasteiger partial charge on any atom is 0.435 e. The highest BCUT2D eigenvalue weighted by molar-refractivity contribution is 7.91. The number of alkyl halides is 3. The molecule has 1 atom stereocenters. The summed E-state index contributed by atoms with van der Waals surface area (Å²) >= 11 is 11.6. The van der Waals surface area contributed by atoms with Crippen molar-refractivity contribution in [2.75, 3.05) is 11.6 Å². The number of nitrogens with zero attached hydrogens (tertiary/aromatic N) is 2. The van der Waals surface area contributed by atoms with Gasteiger partial charge in [0.1, 0.15) is 5.56 Å². The number of halogens is 6. The molecule has 1 unspecified atom stereocenters. The average Bonchev–Trinajstić information content (AvgIpc) is 2.72. The topological polar surface area (TPSA) is 105 Å². The molecule has 1 heterocycles. The summed E-state index contributed by atoms with van der Waals surface area (Å²) in [5, 5.41) is 8.08. The van der Waals surface area contributed by atoms with E-state index in [1.807, 2.05) is 0 Å². The van der Waals surface area contributed by atoms with Crippen molar-refractivity contribution in [2.45, 2.75) is 18.0 Å². The average molecular weight is 537 g/mol. The minimum absolute atomic E-state index is 0.0343. The number of hydrogen-bond donors (Lipinski definition) is 2. The van der Waals surface area contributed by atoms with Gasteiger partial charge >= 0.3 is 6.18 Å². The fourth-order valence-electron chi connectivity index (χ4n) is 2.82. The summed E-state index contributed by atoms with van der Waals surface area (Å²) in [6.45, 7) is 0.967. The number of carbonyl (C=O) groups is 1. The zero-order valence-electron chi connectivity index (χ0n) is 17.3. The van der Waals surface area contributed by atoms with Crippen LogP contribution in [0.4, 0.5) is 23.2 Å². The molecule has 0 fully saturated rings. The Morgan fingerprint density at radius 2 is 1.79 bits per heavy atom. The molecule has 2 N–H and O–H groups in total. The first-order valence-corrected chi connectivity index (χ1v) is 11.8. The predicted molar refractivity (Wildman–Crippen MR) is 118 cm³/mol. The van der Waals surface area contributed by atoms with Crippen molar-refractivity contribution in [1.82, 2.24) is 10.2 Å². The number of hydrogen-bond acceptors (Lipinski definition) is 6. The second kappa shape index (κ2) is 9.35.